The van der Waals surface area contributed by atoms with E-state index in [4.69, 9.17) is 4.74 Å². The van der Waals surface area contributed by atoms with Gasteiger partial charge in [-0.1, -0.05) is 49.4 Å². The molecule has 1 saturated heterocycles. The van der Waals surface area contributed by atoms with Crippen molar-refractivity contribution >= 4 is 11.9 Å². The van der Waals surface area contributed by atoms with Crippen LogP contribution in [0.1, 0.15) is 30.9 Å². The van der Waals surface area contributed by atoms with Gasteiger partial charge in [0.25, 0.3) is 0 Å². The minimum absolute atomic E-state index is 0.215. The van der Waals surface area contributed by atoms with Crippen LogP contribution in [0.2, 0.25) is 0 Å². The average molecular weight is 395 g/mol. The van der Waals surface area contributed by atoms with Crippen molar-refractivity contribution < 1.29 is 9.53 Å². The van der Waals surface area contributed by atoms with Gasteiger partial charge < -0.3 is 20.3 Å². The molecule has 1 atom stereocenters. The number of rotatable bonds is 7. The number of aliphatic imine (C=N–C) groups is 1. The topological polar surface area (TPSA) is 66.0 Å². The first-order valence-electron chi connectivity index (χ1n) is 10.2. The summed E-state index contributed by atoms with van der Waals surface area (Å²) in [5.74, 6) is 1.82. The lowest BCUT2D eigenvalue weighted by Gasteiger charge is -2.18. The van der Waals surface area contributed by atoms with Gasteiger partial charge in [-0.2, -0.15) is 0 Å². The molecule has 154 valence electrons. The standard InChI is InChI=1S/C23H30N4O2/c1-3-22(28)27-14-13-20(16-27)26-23(24-2)25-15-18-9-11-21(12-10-18)29-17-19-7-5-4-6-8-19/h4-12,20H,3,13-17H2,1-2H3,(H2,24,25,26). The summed E-state index contributed by atoms with van der Waals surface area (Å²) in [5, 5.41) is 6.76. The van der Waals surface area contributed by atoms with Crippen molar-refractivity contribution in [3.8, 4) is 5.75 Å². The molecule has 2 aromatic carbocycles. The van der Waals surface area contributed by atoms with Crippen LogP contribution in [-0.4, -0.2) is 42.9 Å². The van der Waals surface area contributed by atoms with Crippen LogP contribution in [0.5, 0.6) is 5.75 Å². The van der Waals surface area contributed by atoms with E-state index in [0.717, 1.165) is 42.3 Å². The van der Waals surface area contributed by atoms with Gasteiger partial charge in [-0.3, -0.25) is 9.79 Å². The van der Waals surface area contributed by atoms with Crippen molar-refractivity contribution in [2.75, 3.05) is 20.1 Å². The van der Waals surface area contributed by atoms with Crippen molar-refractivity contribution in [1.29, 1.82) is 0 Å². The first kappa shape index (κ1) is 20.7. The van der Waals surface area contributed by atoms with E-state index in [9.17, 15) is 4.79 Å². The first-order chi connectivity index (χ1) is 14.2. The Bertz CT molecular complexity index is 805. The molecule has 1 aliphatic rings. The molecule has 6 heteroatoms. The van der Waals surface area contributed by atoms with Gasteiger partial charge in [0.2, 0.25) is 5.91 Å². The van der Waals surface area contributed by atoms with Crippen molar-refractivity contribution in [3.05, 3.63) is 65.7 Å². The highest BCUT2D eigenvalue weighted by Crippen LogP contribution is 2.14. The summed E-state index contributed by atoms with van der Waals surface area (Å²) in [5.41, 5.74) is 2.30. The monoisotopic (exact) mass is 394 g/mol. The van der Waals surface area contributed by atoms with E-state index in [2.05, 4.69) is 39.9 Å². The maximum atomic E-state index is 11.8. The fourth-order valence-corrected chi connectivity index (χ4v) is 3.35. The lowest BCUT2D eigenvalue weighted by atomic mass is 10.2. The molecule has 1 aliphatic heterocycles. The minimum Gasteiger partial charge on any atom is -0.489 e. The van der Waals surface area contributed by atoms with Gasteiger partial charge in [0.05, 0.1) is 0 Å². The highest BCUT2D eigenvalue weighted by molar-refractivity contribution is 5.80. The molecule has 1 fully saturated rings. The van der Waals surface area contributed by atoms with Crippen LogP contribution in [0, 0.1) is 0 Å². The Labute approximate surface area is 173 Å². The Kier molecular flexibility index (Phi) is 7.50. The molecule has 0 aliphatic carbocycles. The summed E-state index contributed by atoms with van der Waals surface area (Å²) in [7, 11) is 1.76. The number of carbonyl (C=O) groups is 1. The molecule has 0 bridgehead atoms. The van der Waals surface area contributed by atoms with Crippen LogP contribution in [0.15, 0.2) is 59.6 Å². The number of amides is 1. The van der Waals surface area contributed by atoms with Crippen molar-refractivity contribution in [3.63, 3.8) is 0 Å². The zero-order chi connectivity index (χ0) is 20.5. The predicted octanol–water partition coefficient (Wildman–Crippen LogP) is 2.94. The summed E-state index contributed by atoms with van der Waals surface area (Å²) in [4.78, 5) is 18.0. The normalized spacial score (nSPS) is 16.6. The number of ether oxygens (including phenoxy) is 1. The van der Waals surface area contributed by atoms with E-state index in [1.165, 1.54) is 0 Å². The largest absolute Gasteiger partial charge is 0.489 e. The number of likely N-dealkylation sites (tertiary alicyclic amines) is 1. The summed E-state index contributed by atoms with van der Waals surface area (Å²) >= 11 is 0. The van der Waals surface area contributed by atoms with E-state index in [1.807, 2.05) is 42.2 Å². The van der Waals surface area contributed by atoms with Gasteiger partial charge in [-0.05, 0) is 29.7 Å². The third kappa shape index (κ3) is 6.24. The van der Waals surface area contributed by atoms with Crippen LogP contribution < -0.4 is 15.4 Å². The second-order valence-corrected chi connectivity index (χ2v) is 7.17. The van der Waals surface area contributed by atoms with Gasteiger partial charge >= 0.3 is 0 Å². The number of nitrogens with one attached hydrogen (secondary N) is 2. The Balaban J connectivity index is 1.43. The second-order valence-electron chi connectivity index (χ2n) is 7.17. The molecule has 1 amide bonds. The number of guanidine groups is 1. The van der Waals surface area contributed by atoms with Gasteiger partial charge in [0.15, 0.2) is 5.96 Å². The van der Waals surface area contributed by atoms with E-state index in [1.54, 1.807) is 7.05 Å². The first-order valence-corrected chi connectivity index (χ1v) is 10.2. The molecular formula is C23H30N4O2. The van der Waals surface area contributed by atoms with Crippen LogP contribution in [-0.2, 0) is 17.9 Å². The SMILES string of the molecule is CCC(=O)N1CCC(NC(=NC)NCc2ccc(OCc3ccccc3)cc2)C1. The smallest absolute Gasteiger partial charge is 0.222 e. The summed E-state index contributed by atoms with van der Waals surface area (Å²) in [6.07, 6.45) is 1.50. The molecule has 29 heavy (non-hydrogen) atoms. The Morgan fingerprint density at radius 3 is 2.59 bits per heavy atom. The average Bonchev–Trinajstić information content (AvgIpc) is 3.24. The predicted molar refractivity (Wildman–Crippen MR) is 116 cm³/mol. The molecular weight excluding hydrogens is 364 g/mol. The van der Waals surface area contributed by atoms with Crippen molar-refractivity contribution in [1.82, 2.24) is 15.5 Å². The third-order valence-corrected chi connectivity index (χ3v) is 5.04. The van der Waals surface area contributed by atoms with Gasteiger partial charge in [0, 0.05) is 39.1 Å². The number of hydrogen-bond donors (Lipinski definition) is 2. The lowest BCUT2D eigenvalue weighted by molar-refractivity contribution is -0.129. The molecule has 0 aromatic heterocycles. The summed E-state index contributed by atoms with van der Waals surface area (Å²) in [6, 6.07) is 18.5. The Morgan fingerprint density at radius 2 is 1.90 bits per heavy atom. The van der Waals surface area contributed by atoms with Gasteiger partial charge in [-0.25, -0.2) is 0 Å². The Morgan fingerprint density at radius 1 is 1.14 bits per heavy atom. The zero-order valence-electron chi connectivity index (χ0n) is 17.2. The molecule has 6 nitrogen and oxygen atoms in total. The molecule has 2 aromatic rings. The van der Waals surface area contributed by atoms with Crippen molar-refractivity contribution in [2.45, 2.75) is 39.0 Å². The summed E-state index contributed by atoms with van der Waals surface area (Å²) < 4.78 is 5.83. The number of hydrogen-bond acceptors (Lipinski definition) is 3. The van der Waals surface area contributed by atoms with Crippen LogP contribution in [0.3, 0.4) is 0 Å². The quantitative estimate of drug-likeness (QED) is 0.560. The van der Waals surface area contributed by atoms with Crippen molar-refractivity contribution in [2.24, 2.45) is 4.99 Å². The second kappa shape index (κ2) is 10.5. The fraction of sp³-hybridized carbons (Fsp3) is 0.391. The Hall–Kier alpha value is -3.02. The maximum Gasteiger partial charge on any atom is 0.222 e. The minimum atomic E-state index is 0.215. The number of benzene rings is 2. The highest BCUT2D eigenvalue weighted by atomic mass is 16.5. The van der Waals surface area contributed by atoms with Crippen LogP contribution >= 0.6 is 0 Å². The maximum absolute atomic E-state index is 11.8. The molecule has 1 heterocycles. The van der Waals surface area contributed by atoms with Crippen LogP contribution in [0.25, 0.3) is 0 Å². The van der Waals surface area contributed by atoms with E-state index in [-0.39, 0.29) is 11.9 Å². The highest BCUT2D eigenvalue weighted by Gasteiger charge is 2.25. The van der Waals surface area contributed by atoms with Crippen LogP contribution in [0.4, 0.5) is 0 Å². The lowest BCUT2D eigenvalue weighted by Crippen LogP contribution is -2.44. The zero-order valence-corrected chi connectivity index (χ0v) is 17.2. The molecule has 0 saturated carbocycles. The van der Waals surface area contributed by atoms with Gasteiger partial charge in [0.1, 0.15) is 12.4 Å². The third-order valence-electron chi connectivity index (χ3n) is 5.04. The molecule has 1 unspecified atom stereocenters. The number of carbonyl (C=O) groups excluding carboxylic acids is 1. The van der Waals surface area contributed by atoms with E-state index < -0.39 is 0 Å². The molecule has 2 N–H and O–H groups in total. The summed E-state index contributed by atoms with van der Waals surface area (Å²) in [6.45, 7) is 4.69. The fourth-order valence-electron chi connectivity index (χ4n) is 3.35. The van der Waals surface area contributed by atoms with E-state index >= 15 is 0 Å². The molecule has 0 spiro atoms. The number of nitrogens with zero attached hydrogens (tertiary/aromatic N) is 2. The van der Waals surface area contributed by atoms with Gasteiger partial charge in [-0.15, -0.1) is 0 Å². The molecule has 0 radical (unpaired) electrons. The van der Waals surface area contributed by atoms with E-state index in [0.29, 0.717) is 19.6 Å². The molecule has 3 rings (SSSR count).